The van der Waals surface area contributed by atoms with Gasteiger partial charge in [0.2, 0.25) is 15.9 Å². The van der Waals surface area contributed by atoms with Gasteiger partial charge in [-0.15, -0.1) is 0 Å². The minimum Gasteiger partial charge on any atom is -0.366 e. The summed E-state index contributed by atoms with van der Waals surface area (Å²) in [6.07, 6.45) is 2.59. The van der Waals surface area contributed by atoms with Crippen molar-refractivity contribution in [2.24, 2.45) is 10.9 Å². The van der Waals surface area contributed by atoms with Crippen molar-refractivity contribution in [3.63, 3.8) is 0 Å². The van der Waals surface area contributed by atoms with Gasteiger partial charge in [-0.1, -0.05) is 30.3 Å². The molecule has 0 saturated heterocycles. The van der Waals surface area contributed by atoms with Crippen LogP contribution in [0.25, 0.3) is 11.1 Å². The van der Waals surface area contributed by atoms with Crippen LogP contribution >= 0.6 is 15.9 Å². The number of amides is 2. The smallest absolute Gasteiger partial charge is 0.259 e. The average molecular weight is 515 g/mol. The lowest BCUT2D eigenvalue weighted by Gasteiger charge is -2.22. The SMILES string of the molecule is CC(=CC(N)=O)C(=O)N(c1ccc(-c2ccccc2S(N)(=O)=O)cc1)c1ccc(Br)cn1. The molecule has 4 N–H and O–H groups in total. The van der Waals surface area contributed by atoms with Crippen molar-refractivity contribution < 1.29 is 18.0 Å². The summed E-state index contributed by atoms with van der Waals surface area (Å²) in [5.41, 5.74) is 6.81. The van der Waals surface area contributed by atoms with Gasteiger partial charge in [-0.3, -0.25) is 14.5 Å². The molecule has 164 valence electrons. The highest BCUT2D eigenvalue weighted by Crippen LogP contribution is 2.31. The molecule has 1 aromatic heterocycles. The molecule has 0 atom stereocenters. The van der Waals surface area contributed by atoms with Gasteiger partial charge in [-0.05, 0) is 58.7 Å². The van der Waals surface area contributed by atoms with Gasteiger partial charge in [-0.25, -0.2) is 18.5 Å². The number of carbonyl (C=O) groups is 2. The highest BCUT2D eigenvalue weighted by molar-refractivity contribution is 9.10. The van der Waals surface area contributed by atoms with E-state index in [0.29, 0.717) is 22.6 Å². The number of aromatic nitrogens is 1. The zero-order valence-corrected chi connectivity index (χ0v) is 19.3. The molecule has 3 aromatic rings. The van der Waals surface area contributed by atoms with Crippen LogP contribution in [0.3, 0.4) is 0 Å². The number of anilines is 2. The van der Waals surface area contributed by atoms with Crippen LogP contribution in [0.1, 0.15) is 6.92 Å². The number of nitrogens with zero attached hydrogens (tertiary/aromatic N) is 2. The summed E-state index contributed by atoms with van der Waals surface area (Å²) >= 11 is 3.31. The van der Waals surface area contributed by atoms with Gasteiger partial charge in [0.05, 0.1) is 10.6 Å². The molecule has 32 heavy (non-hydrogen) atoms. The second-order valence-electron chi connectivity index (χ2n) is 6.79. The zero-order chi connectivity index (χ0) is 23.5. The number of nitrogens with two attached hydrogens (primary N) is 2. The van der Waals surface area contributed by atoms with E-state index in [-0.39, 0.29) is 10.5 Å². The maximum atomic E-state index is 13.1. The van der Waals surface area contributed by atoms with Gasteiger partial charge in [0.15, 0.2) is 0 Å². The van der Waals surface area contributed by atoms with Crippen LogP contribution in [0, 0.1) is 0 Å². The van der Waals surface area contributed by atoms with E-state index in [1.54, 1.807) is 60.8 Å². The predicted octanol–water partition coefficient (Wildman–Crippen LogP) is 3.25. The Labute approximate surface area is 193 Å². The average Bonchev–Trinajstić information content (AvgIpc) is 2.74. The maximum absolute atomic E-state index is 13.1. The molecule has 2 aromatic carbocycles. The van der Waals surface area contributed by atoms with E-state index in [1.807, 2.05) is 0 Å². The lowest BCUT2D eigenvalue weighted by molar-refractivity contribution is -0.116. The summed E-state index contributed by atoms with van der Waals surface area (Å²) in [5.74, 6) is -0.904. The van der Waals surface area contributed by atoms with Crippen molar-refractivity contribution >= 4 is 49.3 Å². The number of halogens is 1. The summed E-state index contributed by atoms with van der Waals surface area (Å²) in [6.45, 7) is 1.48. The number of primary sulfonamides is 1. The monoisotopic (exact) mass is 514 g/mol. The topological polar surface area (TPSA) is 136 Å². The van der Waals surface area contributed by atoms with Crippen molar-refractivity contribution in [1.82, 2.24) is 4.98 Å². The number of primary amides is 1. The third-order valence-electron chi connectivity index (χ3n) is 4.47. The standard InChI is InChI=1S/C22H19BrN4O4S/c1-14(12-20(24)28)22(29)27(21-11-8-16(23)13-26-21)17-9-6-15(7-10-17)18-4-2-3-5-19(18)32(25,30)31/h2-13H,1H3,(H2,24,28)(H2,25,30,31). The number of rotatable bonds is 6. The van der Waals surface area contributed by atoms with Gasteiger partial charge < -0.3 is 5.73 Å². The largest absolute Gasteiger partial charge is 0.366 e. The van der Waals surface area contributed by atoms with E-state index in [2.05, 4.69) is 20.9 Å². The number of carbonyl (C=O) groups excluding carboxylic acids is 2. The van der Waals surface area contributed by atoms with E-state index in [9.17, 15) is 18.0 Å². The Hall–Kier alpha value is -3.34. The molecule has 10 heteroatoms. The first-order valence-electron chi connectivity index (χ1n) is 9.24. The van der Waals surface area contributed by atoms with E-state index in [0.717, 1.165) is 10.5 Å². The van der Waals surface area contributed by atoms with E-state index >= 15 is 0 Å². The second kappa shape index (κ2) is 9.43. The number of sulfonamides is 1. The molecule has 3 rings (SSSR count). The van der Waals surface area contributed by atoms with Crippen LogP contribution in [0.15, 0.2) is 87.9 Å². The first-order chi connectivity index (χ1) is 15.1. The lowest BCUT2D eigenvalue weighted by Crippen LogP contribution is -2.28. The lowest BCUT2D eigenvalue weighted by atomic mass is 10.0. The van der Waals surface area contributed by atoms with Crippen LogP contribution < -0.4 is 15.8 Å². The molecule has 2 amide bonds. The van der Waals surface area contributed by atoms with Crippen LogP contribution in [-0.4, -0.2) is 25.2 Å². The van der Waals surface area contributed by atoms with Crippen LogP contribution in [0.5, 0.6) is 0 Å². The number of pyridine rings is 1. The van der Waals surface area contributed by atoms with Gasteiger partial charge in [0, 0.05) is 27.9 Å². The normalized spacial score (nSPS) is 11.8. The molecule has 0 radical (unpaired) electrons. The second-order valence-corrected chi connectivity index (χ2v) is 9.24. The van der Waals surface area contributed by atoms with Crippen molar-refractivity contribution in [1.29, 1.82) is 0 Å². The number of benzene rings is 2. The molecule has 0 aliphatic carbocycles. The summed E-state index contributed by atoms with van der Waals surface area (Å²) < 4.78 is 24.6. The Kier molecular flexibility index (Phi) is 6.87. The molecular formula is C22H19BrN4O4S. The van der Waals surface area contributed by atoms with Gasteiger partial charge >= 0.3 is 0 Å². The van der Waals surface area contributed by atoms with Crippen LogP contribution in [-0.2, 0) is 19.6 Å². The third-order valence-corrected chi connectivity index (χ3v) is 5.91. The van der Waals surface area contributed by atoms with Crippen LogP contribution in [0.2, 0.25) is 0 Å². The first kappa shape index (κ1) is 23.3. The van der Waals surface area contributed by atoms with Gasteiger partial charge in [0.25, 0.3) is 5.91 Å². The molecule has 0 fully saturated rings. The van der Waals surface area contributed by atoms with Crippen molar-refractivity contribution in [2.45, 2.75) is 11.8 Å². The molecular weight excluding hydrogens is 496 g/mol. The summed E-state index contributed by atoms with van der Waals surface area (Å²) in [5, 5.41) is 5.34. The number of hydrogen-bond acceptors (Lipinski definition) is 5. The Bertz CT molecular complexity index is 1300. The van der Waals surface area contributed by atoms with Crippen molar-refractivity contribution in [3.05, 3.63) is 83.0 Å². The van der Waals surface area contributed by atoms with E-state index in [4.69, 9.17) is 10.9 Å². The first-order valence-corrected chi connectivity index (χ1v) is 11.6. The Morgan fingerprint density at radius 1 is 1.03 bits per heavy atom. The Morgan fingerprint density at radius 2 is 1.69 bits per heavy atom. The minimum atomic E-state index is -3.92. The minimum absolute atomic E-state index is 0.00417. The van der Waals surface area contributed by atoms with E-state index < -0.39 is 21.8 Å². The van der Waals surface area contributed by atoms with Crippen LogP contribution in [0.4, 0.5) is 11.5 Å². The maximum Gasteiger partial charge on any atom is 0.259 e. The fourth-order valence-electron chi connectivity index (χ4n) is 3.05. The predicted molar refractivity (Wildman–Crippen MR) is 125 cm³/mol. The molecule has 0 aliphatic rings. The molecule has 0 aliphatic heterocycles. The van der Waals surface area contributed by atoms with Gasteiger partial charge in [0.1, 0.15) is 5.82 Å². The zero-order valence-electron chi connectivity index (χ0n) is 16.9. The molecule has 0 unspecified atom stereocenters. The Morgan fingerprint density at radius 3 is 2.25 bits per heavy atom. The molecule has 1 heterocycles. The summed E-state index contributed by atoms with van der Waals surface area (Å²) in [4.78, 5) is 30.0. The highest BCUT2D eigenvalue weighted by Gasteiger charge is 2.22. The number of hydrogen-bond donors (Lipinski definition) is 2. The fraction of sp³-hybridized carbons (Fsp3) is 0.0455. The van der Waals surface area contributed by atoms with Crippen molar-refractivity contribution in [2.75, 3.05) is 4.90 Å². The van der Waals surface area contributed by atoms with Crippen molar-refractivity contribution in [3.8, 4) is 11.1 Å². The summed E-state index contributed by atoms with van der Waals surface area (Å²) in [7, 11) is -3.92. The highest BCUT2D eigenvalue weighted by atomic mass is 79.9. The van der Waals surface area contributed by atoms with Gasteiger partial charge in [-0.2, -0.15) is 0 Å². The third kappa shape index (κ3) is 5.28. The quantitative estimate of drug-likeness (QED) is 0.486. The fourth-order valence-corrected chi connectivity index (χ4v) is 4.04. The molecule has 0 saturated carbocycles. The molecule has 0 bridgehead atoms. The van der Waals surface area contributed by atoms with E-state index in [1.165, 1.54) is 17.9 Å². The molecule has 8 nitrogen and oxygen atoms in total. The Balaban J connectivity index is 2.09. The summed E-state index contributed by atoms with van der Waals surface area (Å²) in [6, 6.07) is 16.4. The molecule has 0 spiro atoms.